The number of rotatable bonds is 3. The van der Waals surface area contributed by atoms with E-state index in [9.17, 15) is 0 Å². The van der Waals surface area contributed by atoms with Gasteiger partial charge in [0.05, 0.1) is 6.61 Å². The number of nitrogens with zero attached hydrogens (tertiary/aromatic N) is 3. The maximum absolute atomic E-state index is 5.46. The maximum Gasteiger partial charge on any atom is 0.228 e. The van der Waals surface area contributed by atoms with Gasteiger partial charge in [-0.1, -0.05) is 0 Å². The Kier molecular flexibility index (Phi) is 4.14. The number of nitrogens with one attached hydrogen (secondary N) is 1. The van der Waals surface area contributed by atoms with E-state index >= 15 is 0 Å². The largest absolute Gasteiger partial charge is 0.478 e. The summed E-state index contributed by atoms with van der Waals surface area (Å²) < 4.78 is 5.46. The van der Waals surface area contributed by atoms with Crippen LogP contribution in [0, 0.1) is 6.92 Å². The second-order valence-corrected chi connectivity index (χ2v) is 4.17. The van der Waals surface area contributed by atoms with Gasteiger partial charge in [-0.3, -0.25) is 0 Å². The second-order valence-electron chi connectivity index (χ2n) is 4.17. The van der Waals surface area contributed by atoms with Crippen molar-refractivity contribution in [2.75, 3.05) is 37.7 Å². The molecule has 1 saturated heterocycles. The summed E-state index contributed by atoms with van der Waals surface area (Å²) in [5, 5.41) is 3.37. The Labute approximate surface area is 102 Å². The van der Waals surface area contributed by atoms with Gasteiger partial charge in [0.2, 0.25) is 11.8 Å². The maximum atomic E-state index is 5.46. The summed E-state index contributed by atoms with van der Waals surface area (Å²) in [7, 11) is 0. The van der Waals surface area contributed by atoms with E-state index in [0.717, 1.165) is 44.2 Å². The minimum Gasteiger partial charge on any atom is -0.478 e. The second kappa shape index (κ2) is 5.82. The molecule has 5 nitrogen and oxygen atoms in total. The summed E-state index contributed by atoms with van der Waals surface area (Å²) >= 11 is 0. The molecule has 1 N–H and O–H groups in total. The highest BCUT2D eigenvalue weighted by atomic mass is 16.5. The van der Waals surface area contributed by atoms with Crippen LogP contribution in [-0.4, -0.2) is 42.8 Å². The average Bonchev–Trinajstić information content (AvgIpc) is 2.57. The van der Waals surface area contributed by atoms with Gasteiger partial charge in [0, 0.05) is 31.4 Å². The molecule has 0 aliphatic carbocycles. The lowest BCUT2D eigenvalue weighted by Gasteiger charge is -2.20. The summed E-state index contributed by atoms with van der Waals surface area (Å²) in [6, 6.07) is 1.88. The normalized spacial score (nSPS) is 16.7. The molecular formula is C12H20N4O. The minimum absolute atomic E-state index is 0.636. The zero-order chi connectivity index (χ0) is 12.1. The average molecular weight is 236 g/mol. The van der Waals surface area contributed by atoms with E-state index in [2.05, 4.69) is 20.2 Å². The lowest BCUT2D eigenvalue weighted by molar-refractivity contribution is 0.326. The number of anilines is 1. The van der Waals surface area contributed by atoms with E-state index in [1.165, 1.54) is 0 Å². The Morgan fingerprint density at radius 2 is 2.24 bits per heavy atom. The van der Waals surface area contributed by atoms with Gasteiger partial charge in [-0.15, -0.1) is 0 Å². The van der Waals surface area contributed by atoms with E-state index in [1.807, 2.05) is 19.9 Å². The molecule has 0 unspecified atom stereocenters. The van der Waals surface area contributed by atoms with E-state index in [1.54, 1.807) is 0 Å². The smallest absolute Gasteiger partial charge is 0.228 e. The Hall–Kier alpha value is -1.36. The zero-order valence-electron chi connectivity index (χ0n) is 10.6. The van der Waals surface area contributed by atoms with Crippen LogP contribution in [0.4, 0.5) is 5.95 Å². The third-order valence-corrected chi connectivity index (χ3v) is 2.73. The summed E-state index contributed by atoms with van der Waals surface area (Å²) in [5.41, 5.74) is 0.954. The van der Waals surface area contributed by atoms with Crippen molar-refractivity contribution in [3.05, 3.63) is 11.8 Å². The van der Waals surface area contributed by atoms with Crippen LogP contribution in [0.5, 0.6) is 5.88 Å². The molecule has 0 spiro atoms. The van der Waals surface area contributed by atoms with E-state index in [0.29, 0.717) is 12.5 Å². The number of aryl methyl sites for hydroxylation is 1. The molecule has 1 fully saturated rings. The van der Waals surface area contributed by atoms with Crippen LogP contribution in [0.2, 0.25) is 0 Å². The quantitative estimate of drug-likeness (QED) is 0.848. The van der Waals surface area contributed by atoms with Crippen molar-refractivity contribution in [3.63, 3.8) is 0 Å². The molecule has 5 heteroatoms. The zero-order valence-corrected chi connectivity index (χ0v) is 10.6. The number of hydrogen-bond acceptors (Lipinski definition) is 5. The predicted octanol–water partition coefficient (Wildman–Crippen LogP) is 0.983. The van der Waals surface area contributed by atoms with E-state index < -0.39 is 0 Å². The molecule has 1 aliphatic rings. The predicted molar refractivity (Wildman–Crippen MR) is 67.6 cm³/mol. The van der Waals surface area contributed by atoms with Gasteiger partial charge >= 0.3 is 0 Å². The first-order valence-corrected chi connectivity index (χ1v) is 6.23. The topological polar surface area (TPSA) is 50.3 Å². The highest BCUT2D eigenvalue weighted by Crippen LogP contribution is 2.16. The Morgan fingerprint density at radius 1 is 1.35 bits per heavy atom. The standard InChI is InChI=1S/C12H20N4O/c1-3-17-11-9-10(2)14-12(15-11)16-7-4-5-13-6-8-16/h9,13H,3-8H2,1-2H3. The van der Waals surface area contributed by atoms with Crippen molar-refractivity contribution in [1.82, 2.24) is 15.3 Å². The molecule has 94 valence electrons. The molecule has 2 rings (SSSR count). The molecule has 0 saturated carbocycles. The van der Waals surface area contributed by atoms with Crippen LogP contribution in [0.25, 0.3) is 0 Å². The van der Waals surface area contributed by atoms with Crippen LogP contribution in [-0.2, 0) is 0 Å². The van der Waals surface area contributed by atoms with Crippen molar-refractivity contribution in [3.8, 4) is 5.88 Å². The first-order valence-electron chi connectivity index (χ1n) is 6.23. The van der Waals surface area contributed by atoms with Gasteiger partial charge in [-0.05, 0) is 26.8 Å². The fraction of sp³-hybridized carbons (Fsp3) is 0.667. The summed E-state index contributed by atoms with van der Waals surface area (Å²) in [6.45, 7) is 8.59. The lowest BCUT2D eigenvalue weighted by Crippen LogP contribution is -2.29. The molecule has 1 aliphatic heterocycles. The molecule has 0 atom stereocenters. The van der Waals surface area contributed by atoms with Gasteiger partial charge in [0.25, 0.3) is 0 Å². The first-order chi connectivity index (χ1) is 8.29. The van der Waals surface area contributed by atoms with Crippen molar-refractivity contribution in [2.45, 2.75) is 20.3 Å². The third kappa shape index (κ3) is 3.30. The molecule has 0 radical (unpaired) electrons. The summed E-state index contributed by atoms with van der Waals surface area (Å²) in [4.78, 5) is 11.2. The third-order valence-electron chi connectivity index (χ3n) is 2.73. The fourth-order valence-corrected chi connectivity index (χ4v) is 1.93. The van der Waals surface area contributed by atoms with Crippen LogP contribution in [0.1, 0.15) is 19.0 Å². The summed E-state index contributed by atoms with van der Waals surface area (Å²) in [5.74, 6) is 1.46. The van der Waals surface area contributed by atoms with Gasteiger partial charge in [-0.2, -0.15) is 4.98 Å². The monoisotopic (exact) mass is 236 g/mol. The summed E-state index contributed by atoms with van der Waals surface area (Å²) in [6.07, 6.45) is 1.13. The highest BCUT2D eigenvalue weighted by Gasteiger charge is 2.13. The van der Waals surface area contributed by atoms with Crippen LogP contribution < -0.4 is 15.0 Å². The van der Waals surface area contributed by atoms with Crippen LogP contribution in [0.3, 0.4) is 0 Å². The van der Waals surface area contributed by atoms with E-state index in [-0.39, 0.29) is 0 Å². The number of aromatic nitrogens is 2. The Morgan fingerprint density at radius 3 is 3.06 bits per heavy atom. The van der Waals surface area contributed by atoms with Crippen LogP contribution in [0.15, 0.2) is 6.07 Å². The molecule has 0 aromatic carbocycles. The SMILES string of the molecule is CCOc1cc(C)nc(N2CCCNCC2)n1. The first kappa shape index (κ1) is 12.1. The Bertz CT molecular complexity index is 362. The minimum atomic E-state index is 0.636. The van der Waals surface area contributed by atoms with Crippen molar-refractivity contribution in [1.29, 1.82) is 0 Å². The van der Waals surface area contributed by atoms with Gasteiger partial charge in [-0.25, -0.2) is 4.98 Å². The van der Waals surface area contributed by atoms with Gasteiger partial charge in [0.1, 0.15) is 0 Å². The molecular weight excluding hydrogens is 216 g/mol. The number of hydrogen-bond donors (Lipinski definition) is 1. The molecule has 0 amide bonds. The molecule has 0 bridgehead atoms. The fourth-order valence-electron chi connectivity index (χ4n) is 1.93. The van der Waals surface area contributed by atoms with Crippen molar-refractivity contribution >= 4 is 5.95 Å². The highest BCUT2D eigenvalue weighted by molar-refractivity contribution is 5.34. The molecule has 1 aromatic heterocycles. The molecule has 1 aromatic rings. The number of ether oxygens (including phenoxy) is 1. The van der Waals surface area contributed by atoms with Crippen LogP contribution >= 0.6 is 0 Å². The lowest BCUT2D eigenvalue weighted by atomic mass is 10.4. The molecule has 17 heavy (non-hydrogen) atoms. The van der Waals surface area contributed by atoms with E-state index in [4.69, 9.17) is 4.74 Å². The van der Waals surface area contributed by atoms with Gasteiger partial charge < -0.3 is 15.0 Å². The van der Waals surface area contributed by atoms with Crippen molar-refractivity contribution in [2.24, 2.45) is 0 Å². The molecule has 2 heterocycles. The Balaban J connectivity index is 2.17. The van der Waals surface area contributed by atoms with Gasteiger partial charge in [0.15, 0.2) is 0 Å². The van der Waals surface area contributed by atoms with Crippen molar-refractivity contribution < 1.29 is 4.74 Å².